The van der Waals surface area contributed by atoms with E-state index >= 15 is 0 Å². The van der Waals surface area contributed by atoms with Crippen molar-refractivity contribution < 1.29 is 123 Å². The summed E-state index contributed by atoms with van der Waals surface area (Å²) in [5, 5.41) is 8.78. The molecule has 0 aromatic carbocycles. The van der Waals surface area contributed by atoms with Crippen LogP contribution in [0.25, 0.3) is 0 Å². The average molecular weight is 272 g/mol. The largest absolute Gasteiger partial charge is 1.00 e. The zero-order valence-electron chi connectivity index (χ0n) is 7.11. The quantitative estimate of drug-likeness (QED) is 0.334. The second-order valence-corrected chi connectivity index (χ2v) is 2.26. The van der Waals surface area contributed by atoms with Gasteiger partial charge in [-0.15, -0.1) is 0 Å². The number of aliphatic carboxylic acids is 1. The SMILES string of the molecule is O=C([O-])C(F)(F)F.O=P([O-])(O)O.[K+].[Na+]. The number of rotatable bonds is 0. The summed E-state index contributed by atoms with van der Waals surface area (Å²) in [5.41, 5.74) is 0. The molecule has 0 aliphatic carbocycles. The summed E-state index contributed by atoms with van der Waals surface area (Å²) < 4.78 is 40.3. The molecule has 6 nitrogen and oxygen atoms in total. The van der Waals surface area contributed by atoms with Crippen molar-refractivity contribution in [3.63, 3.8) is 0 Å². The van der Waals surface area contributed by atoms with Crippen molar-refractivity contribution in [3.8, 4) is 0 Å². The Bertz CT molecular complexity index is 193. The summed E-state index contributed by atoms with van der Waals surface area (Å²) in [4.78, 5) is 31.7. The molecule has 0 radical (unpaired) electrons. The maximum absolute atomic E-state index is 10.5. The van der Waals surface area contributed by atoms with E-state index in [0.717, 1.165) is 0 Å². The van der Waals surface area contributed by atoms with Gasteiger partial charge in [0.15, 0.2) is 0 Å². The molecule has 0 saturated heterocycles. The van der Waals surface area contributed by atoms with Gasteiger partial charge in [-0.05, 0) is 0 Å². The fourth-order valence-corrected chi connectivity index (χ4v) is 0. The second-order valence-electron chi connectivity index (χ2n) is 1.28. The molecular weight excluding hydrogens is 270 g/mol. The predicted octanol–water partition coefficient (Wildman–Crippen LogP) is -8.25. The van der Waals surface area contributed by atoms with Crippen LogP contribution in [0.3, 0.4) is 0 Å². The molecule has 0 fully saturated rings. The molecule has 0 spiro atoms. The fraction of sp³-hybridized carbons (Fsp3) is 0.500. The van der Waals surface area contributed by atoms with Crippen LogP contribution in [0.5, 0.6) is 0 Å². The van der Waals surface area contributed by atoms with Crippen molar-refractivity contribution in [1.29, 1.82) is 0 Å². The molecule has 0 heterocycles. The number of carbonyl (C=O) groups is 1. The number of phosphoric acid groups is 1. The van der Waals surface area contributed by atoms with Crippen LogP contribution in [0.1, 0.15) is 0 Å². The van der Waals surface area contributed by atoms with Gasteiger partial charge >= 0.3 is 87.1 Å². The molecule has 0 saturated carbocycles. The van der Waals surface area contributed by atoms with Gasteiger partial charge in [0.25, 0.3) is 7.82 Å². The van der Waals surface area contributed by atoms with Crippen molar-refractivity contribution in [2.45, 2.75) is 6.18 Å². The molecule has 14 heavy (non-hydrogen) atoms. The van der Waals surface area contributed by atoms with E-state index in [9.17, 15) is 13.2 Å². The topological polar surface area (TPSA) is 121 Å². The Hall–Kier alpha value is 2.01. The zero-order chi connectivity index (χ0) is 10.6. The molecule has 0 atom stereocenters. The van der Waals surface area contributed by atoms with Crippen LogP contribution in [0.15, 0.2) is 0 Å². The van der Waals surface area contributed by atoms with E-state index in [4.69, 9.17) is 29.1 Å². The van der Waals surface area contributed by atoms with Gasteiger partial charge in [-0.2, -0.15) is 13.2 Å². The first kappa shape index (κ1) is 25.0. The van der Waals surface area contributed by atoms with Gasteiger partial charge in [0.1, 0.15) is 5.97 Å². The molecule has 0 aromatic heterocycles. The predicted molar refractivity (Wildman–Crippen MR) is 23.1 cm³/mol. The summed E-state index contributed by atoms with van der Waals surface area (Å²) in [6.07, 6.45) is -5.19. The van der Waals surface area contributed by atoms with Crippen molar-refractivity contribution in [2.75, 3.05) is 0 Å². The number of carboxylic acid groups (broad SMARTS) is 1. The molecule has 0 aliphatic heterocycles. The molecule has 0 amide bonds. The first-order valence-electron chi connectivity index (χ1n) is 1.99. The maximum atomic E-state index is 10.5. The van der Waals surface area contributed by atoms with Crippen LogP contribution >= 0.6 is 7.82 Å². The van der Waals surface area contributed by atoms with E-state index in [1.165, 1.54) is 0 Å². The van der Waals surface area contributed by atoms with Gasteiger partial charge in [0.2, 0.25) is 0 Å². The Labute approximate surface area is 141 Å². The van der Waals surface area contributed by atoms with Crippen molar-refractivity contribution in [3.05, 3.63) is 0 Å². The van der Waals surface area contributed by atoms with Gasteiger partial charge in [-0.1, -0.05) is 0 Å². The van der Waals surface area contributed by atoms with E-state index < -0.39 is 20.0 Å². The van der Waals surface area contributed by atoms with Crippen LogP contribution < -0.4 is 90.9 Å². The van der Waals surface area contributed by atoms with E-state index in [0.29, 0.717) is 0 Å². The van der Waals surface area contributed by atoms with Crippen LogP contribution in [0.4, 0.5) is 13.2 Å². The molecule has 0 aromatic rings. The Morgan fingerprint density at radius 2 is 1.36 bits per heavy atom. The van der Waals surface area contributed by atoms with Crippen LogP contribution in [0, 0.1) is 0 Å². The van der Waals surface area contributed by atoms with E-state index in [1.807, 2.05) is 0 Å². The number of hydrogen-bond donors (Lipinski definition) is 2. The third-order valence-corrected chi connectivity index (χ3v) is 0.231. The Morgan fingerprint density at radius 3 is 1.36 bits per heavy atom. The molecule has 0 rings (SSSR count). The summed E-state index contributed by atoms with van der Waals surface area (Å²) in [6.45, 7) is 0. The Morgan fingerprint density at radius 1 is 1.29 bits per heavy atom. The average Bonchev–Trinajstić information content (AvgIpc) is 1.55. The van der Waals surface area contributed by atoms with Crippen LogP contribution in [-0.2, 0) is 9.36 Å². The van der Waals surface area contributed by atoms with Crippen LogP contribution in [0.2, 0.25) is 0 Å². The second kappa shape index (κ2) is 10.2. The van der Waals surface area contributed by atoms with E-state index in [1.54, 1.807) is 0 Å². The summed E-state index contributed by atoms with van der Waals surface area (Å²) in [6, 6.07) is 0. The monoisotopic (exact) mass is 272 g/mol. The number of carboxylic acids is 1. The summed E-state index contributed by atoms with van der Waals surface area (Å²) >= 11 is 0. The Balaban J connectivity index is -0.0000000651. The molecule has 74 valence electrons. The van der Waals surface area contributed by atoms with Gasteiger partial charge in [-0.3, -0.25) is 4.57 Å². The van der Waals surface area contributed by atoms with Gasteiger partial charge in [0, 0.05) is 0 Å². The molecule has 12 heteroatoms. The molecule has 2 N–H and O–H groups in total. The first-order valence-corrected chi connectivity index (χ1v) is 3.52. The van der Waals surface area contributed by atoms with Gasteiger partial charge < -0.3 is 24.6 Å². The minimum absolute atomic E-state index is 0. The third-order valence-electron chi connectivity index (χ3n) is 0.231. The van der Waals surface area contributed by atoms with Gasteiger partial charge in [0.05, 0.1) is 0 Å². The minimum atomic E-state index is -5.19. The molecule has 0 unspecified atom stereocenters. The van der Waals surface area contributed by atoms with Crippen molar-refractivity contribution in [1.82, 2.24) is 0 Å². The maximum Gasteiger partial charge on any atom is 1.00 e. The van der Waals surface area contributed by atoms with Gasteiger partial charge in [-0.25, -0.2) is 0 Å². The smallest absolute Gasteiger partial charge is 0.756 e. The molecular formula is C2H2F3KNaO6P. The minimum Gasteiger partial charge on any atom is -0.756 e. The third kappa shape index (κ3) is 37.0. The van der Waals surface area contributed by atoms with Crippen molar-refractivity contribution in [2.24, 2.45) is 0 Å². The molecule has 0 bridgehead atoms. The molecule has 0 aliphatic rings. The zero-order valence-corrected chi connectivity index (χ0v) is 13.1. The van der Waals surface area contributed by atoms with E-state index in [-0.39, 0.29) is 80.9 Å². The number of halogens is 3. The number of alkyl halides is 3. The fourth-order valence-electron chi connectivity index (χ4n) is 0. The number of carbonyl (C=O) groups excluding carboxylic acids is 1. The van der Waals surface area contributed by atoms with Crippen molar-refractivity contribution >= 4 is 13.8 Å². The first-order chi connectivity index (χ1) is 4.94. The van der Waals surface area contributed by atoms with Crippen LogP contribution in [-0.4, -0.2) is 21.9 Å². The Kier molecular flexibility index (Phi) is 18.2. The van der Waals surface area contributed by atoms with E-state index in [2.05, 4.69) is 0 Å². The summed E-state index contributed by atoms with van der Waals surface area (Å²) in [7, 11) is -4.89. The normalized spacial score (nSPS) is 9.86. The summed E-state index contributed by atoms with van der Waals surface area (Å²) in [5.74, 6) is -3.01. The standard InChI is InChI=1S/C2HF3O2.K.Na.H3O4P/c3-2(4,5)1(6)7;;;1-5(2,3)4/h(H,6,7);;;(H3,1,2,3,4)/q;2*+1;/p-2. The number of hydrogen-bond acceptors (Lipinski definition) is 4.